The molecule has 0 N–H and O–H groups in total. The molecule has 0 saturated heterocycles. The number of fused-ring (bicyclic) bond motifs is 2. The molecular weight excluding hydrogens is 518 g/mol. The van der Waals surface area contributed by atoms with Gasteiger partial charge in [-0.3, -0.25) is 9.59 Å². The lowest BCUT2D eigenvalue weighted by molar-refractivity contribution is 0.0730. The van der Waals surface area contributed by atoms with Gasteiger partial charge >= 0.3 is 0 Å². The summed E-state index contributed by atoms with van der Waals surface area (Å²) in [6.45, 7) is 4.84. The van der Waals surface area contributed by atoms with E-state index in [1.54, 1.807) is 31.3 Å². The number of aryl methyl sites for hydroxylation is 1. The fraction of sp³-hybridized carbons (Fsp3) is 0.290. The van der Waals surface area contributed by atoms with Crippen molar-refractivity contribution in [1.29, 1.82) is 0 Å². The SMILES string of the molecule is CCCOc1ccc(C2c3c(oc4cc(C)c(Cl)cc4c3=O)C(=O)N2CCc2ccc(OC)c(OC)c2)cc1. The van der Waals surface area contributed by atoms with Crippen LogP contribution < -0.4 is 19.6 Å². The second kappa shape index (κ2) is 11.0. The van der Waals surface area contributed by atoms with Crippen LogP contribution in [-0.2, 0) is 6.42 Å². The molecule has 39 heavy (non-hydrogen) atoms. The van der Waals surface area contributed by atoms with Gasteiger partial charge in [0, 0.05) is 11.6 Å². The van der Waals surface area contributed by atoms with E-state index in [4.69, 9.17) is 30.2 Å². The van der Waals surface area contributed by atoms with Crippen molar-refractivity contribution in [2.45, 2.75) is 32.7 Å². The quantitative estimate of drug-likeness (QED) is 0.243. The van der Waals surface area contributed by atoms with E-state index < -0.39 is 6.04 Å². The molecule has 1 amide bonds. The number of nitrogens with zero attached hydrogens (tertiary/aromatic N) is 1. The van der Waals surface area contributed by atoms with Gasteiger partial charge in [0.1, 0.15) is 11.3 Å². The fourth-order valence-electron chi connectivity index (χ4n) is 4.97. The minimum atomic E-state index is -0.617. The van der Waals surface area contributed by atoms with Crippen molar-refractivity contribution in [1.82, 2.24) is 4.90 Å². The molecule has 202 valence electrons. The first-order chi connectivity index (χ1) is 18.9. The van der Waals surface area contributed by atoms with Gasteiger partial charge < -0.3 is 23.5 Å². The van der Waals surface area contributed by atoms with Crippen molar-refractivity contribution >= 4 is 28.5 Å². The van der Waals surface area contributed by atoms with Gasteiger partial charge in [0.25, 0.3) is 5.91 Å². The molecule has 1 atom stereocenters. The van der Waals surface area contributed by atoms with E-state index in [0.29, 0.717) is 52.6 Å². The zero-order chi connectivity index (χ0) is 27.7. The topological polar surface area (TPSA) is 78.2 Å². The maximum atomic E-state index is 13.8. The summed E-state index contributed by atoms with van der Waals surface area (Å²) in [4.78, 5) is 29.3. The van der Waals surface area contributed by atoms with E-state index in [-0.39, 0.29) is 17.1 Å². The van der Waals surface area contributed by atoms with Crippen LogP contribution in [0, 0.1) is 6.92 Å². The summed E-state index contributed by atoms with van der Waals surface area (Å²) >= 11 is 6.35. The lowest BCUT2D eigenvalue weighted by Crippen LogP contribution is -2.31. The first-order valence-electron chi connectivity index (χ1n) is 12.9. The first-order valence-corrected chi connectivity index (χ1v) is 13.3. The van der Waals surface area contributed by atoms with Crippen LogP contribution >= 0.6 is 11.6 Å². The zero-order valence-electron chi connectivity index (χ0n) is 22.4. The number of benzene rings is 3. The molecule has 2 heterocycles. The van der Waals surface area contributed by atoms with Gasteiger partial charge in [-0.1, -0.05) is 36.7 Å². The number of methoxy groups -OCH3 is 2. The Labute approximate surface area is 231 Å². The first kappa shape index (κ1) is 26.6. The summed E-state index contributed by atoms with van der Waals surface area (Å²) in [6, 6.07) is 15.9. The maximum absolute atomic E-state index is 13.8. The molecule has 1 aliphatic heterocycles. The minimum Gasteiger partial charge on any atom is -0.494 e. The van der Waals surface area contributed by atoms with Crippen molar-refractivity contribution in [2.75, 3.05) is 27.4 Å². The molecule has 7 nitrogen and oxygen atoms in total. The Morgan fingerprint density at radius 2 is 1.72 bits per heavy atom. The predicted octanol–water partition coefficient (Wildman–Crippen LogP) is 6.35. The largest absolute Gasteiger partial charge is 0.494 e. The average molecular weight is 548 g/mol. The highest BCUT2D eigenvalue weighted by atomic mass is 35.5. The van der Waals surface area contributed by atoms with Gasteiger partial charge in [0.05, 0.1) is 37.8 Å². The summed E-state index contributed by atoms with van der Waals surface area (Å²) in [5, 5.41) is 0.824. The number of halogens is 1. The molecule has 0 fully saturated rings. The Morgan fingerprint density at radius 1 is 0.974 bits per heavy atom. The third kappa shape index (κ3) is 4.94. The highest BCUT2D eigenvalue weighted by Crippen LogP contribution is 2.39. The second-order valence-corrected chi connectivity index (χ2v) is 9.94. The van der Waals surface area contributed by atoms with Crippen LogP contribution in [0.4, 0.5) is 0 Å². The lowest BCUT2D eigenvalue weighted by atomic mass is 9.98. The molecule has 5 rings (SSSR count). The molecule has 8 heteroatoms. The minimum absolute atomic E-state index is 0.0674. The molecule has 0 bridgehead atoms. The molecule has 1 aliphatic rings. The highest BCUT2D eigenvalue weighted by molar-refractivity contribution is 6.32. The monoisotopic (exact) mass is 547 g/mol. The Kier molecular flexibility index (Phi) is 7.53. The number of amides is 1. The zero-order valence-corrected chi connectivity index (χ0v) is 23.1. The van der Waals surface area contributed by atoms with E-state index in [0.717, 1.165) is 28.9 Å². The summed E-state index contributed by atoms with van der Waals surface area (Å²) in [5.41, 5.74) is 2.93. The molecule has 0 radical (unpaired) electrons. The summed E-state index contributed by atoms with van der Waals surface area (Å²) < 4.78 is 22.6. The third-order valence-corrected chi connectivity index (χ3v) is 7.41. The lowest BCUT2D eigenvalue weighted by Gasteiger charge is -2.25. The highest BCUT2D eigenvalue weighted by Gasteiger charge is 2.42. The molecule has 0 spiro atoms. The van der Waals surface area contributed by atoms with Crippen molar-refractivity contribution in [3.8, 4) is 17.2 Å². The Balaban J connectivity index is 1.57. The average Bonchev–Trinajstić information content (AvgIpc) is 3.23. The summed E-state index contributed by atoms with van der Waals surface area (Å²) in [7, 11) is 3.17. The van der Waals surface area contributed by atoms with Crippen LogP contribution in [0.3, 0.4) is 0 Å². The predicted molar refractivity (Wildman–Crippen MR) is 151 cm³/mol. The van der Waals surface area contributed by atoms with E-state index in [1.807, 2.05) is 56.3 Å². The van der Waals surface area contributed by atoms with Crippen LogP contribution in [0.2, 0.25) is 5.02 Å². The Hall–Kier alpha value is -3.97. The fourth-order valence-corrected chi connectivity index (χ4v) is 5.13. The molecule has 0 aliphatic carbocycles. The second-order valence-electron chi connectivity index (χ2n) is 9.53. The van der Waals surface area contributed by atoms with Gasteiger partial charge in [0.2, 0.25) is 5.76 Å². The van der Waals surface area contributed by atoms with E-state index >= 15 is 0 Å². The molecule has 0 saturated carbocycles. The van der Waals surface area contributed by atoms with Gasteiger partial charge in [-0.15, -0.1) is 0 Å². The number of rotatable bonds is 9. The number of hydrogen-bond acceptors (Lipinski definition) is 6. The molecule has 3 aromatic carbocycles. The van der Waals surface area contributed by atoms with Crippen LogP contribution in [-0.4, -0.2) is 38.2 Å². The maximum Gasteiger partial charge on any atom is 0.290 e. The van der Waals surface area contributed by atoms with Crippen LogP contribution in [0.1, 0.15) is 52.2 Å². The van der Waals surface area contributed by atoms with Crippen LogP contribution in [0.15, 0.2) is 63.8 Å². The van der Waals surface area contributed by atoms with Gasteiger partial charge in [0.15, 0.2) is 16.9 Å². The van der Waals surface area contributed by atoms with Crippen molar-refractivity contribution in [3.63, 3.8) is 0 Å². The molecule has 1 unspecified atom stereocenters. The molecular formula is C31H30ClNO6. The van der Waals surface area contributed by atoms with E-state index in [1.165, 1.54) is 0 Å². The summed E-state index contributed by atoms with van der Waals surface area (Å²) in [5.74, 6) is 1.71. The van der Waals surface area contributed by atoms with E-state index in [2.05, 4.69) is 0 Å². The van der Waals surface area contributed by atoms with Crippen LogP contribution in [0.25, 0.3) is 11.0 Å². The number of ether oxygens (including phenoxy) is 3. The molecule has 4 aromatic rings. The van der Waals surface area contributed by atoms with E-state index in [9.17, 15) is 9.59 Å². The number of hydrogen-bond donors (Lipinski definition) is 0. The van der Waals surface area contributed by atoms with Gasteiger partial charge in [-0.05, 0) is 72.9 Å². The number of carbonyl (C=O) groups is 1. The van der Waals surface area contributed by atoms with Gasteiger partial charge in [-0.2, -0.15) is 0 Å². The standard InChI is InChI=1S/C31H30ClNO6/c1-5-14-38-21-9-7-20(8-10-21)28-27-29(34)22-17-23(32)18(2)15-25(22)39-30(27)31(35)33(28)13-12-19-6-11-24(36-3)26(16-19)37-4/h6-11,15-17,28H,5,12-14H2,1-4H3. The number of carbonyl (C=O) groups excluding carboxylic acids is 1. The van der Waals surface area contributed by atoms with Crippen LogP contribution in [0.5, 0.6) is 17.2 Å². The van der Waals surface area contributed by atoms with Gasteiger partial charge in [-0.25, -0.2) is 0 Å². The Morgan fingerprint density at radius 3 is 2.41 bits per heavy atom. The Bertz CT molecular complexity index is 1590. The normalized spacial score (nSPS) is 14.5. The molecule has 1 aromatic heterocycles. The third-order valence-electron chi connectivity index (χ3n) is 7.00. The van der Waals surface area contributed by atoms with Crippen molar-refractivity contribution in [2.24, 2.45) is 0 Å². The van der Waals surface area contributed by atoms with Crippen molar-refractivity contribution in [3.05, 3.63) is 97.9 Å². The summed E-state index contributed by atoms with van der Waals surface area (Å²) in [6.07, 6.45) is 1.43. The van der Waals surface area contributed by atoms with Crippen molar-refractivity contribution < 1.29 is 23.4 Å². The smallest absolute Gasteiger partial charge is 0.290 e.